The van der Waals surface area contributed by atoms with Crippen LogP contribution in [0.15, 0.2) is 109 Å². The first-order chi connectivity index (χ1) is 30.7. The van der Waals surface area contributed by atoms with Crippen molar-refractivity contribution < 1.29 is 0 Å². The lowest BCUT2D eigenvalue weighted by Crippen LogP contribution is -2.25. The van der Waals surface area contributed by atoms with Gasteiger partial charge in [0.1, 0.15) is 0 Å². The molecule has 4 unspecified atom stereocenters. The molecule has 62 heavy (non-hydrogen) atoms. The number of benzene rings is 5. The van der Waals surface area contributed by atoms with Gasteiger partial charge in [-0.05, 0) is 169 Å². The maximum atomic E-state index is 5.53. The number of hydrogen-bond donors (Lipinski definition) is 0. The fraction of sp³-hybridized carbons (Fsp3) is 0.310. The predicted octanol–water partition coefficient (Wildman–Crippen LogP) is 14.9. The molecule has 6 aromatic heterocycles. The normalized spacial score (nSPS) is 27.4. The van der Waals surface area contributed by atoms with Gasteiger partial charge in [0.05, 0.1) is 45.5 Å². The van der Waals surface area contributed by atoms with Crippen molar-refractivity contribution in [2.24, 2.45) is 23.7 Å². The minimum atomic E-state index is 0.609. The van der Waals surface area contributed by atoms with Crippen LogP contribution in [0.25, 0.3) is 98.4 Å². The number of pyridine rings is 2. The van der Waals surface area contributed by atoms with Gasteiger partial charge in [-0.1, -0.05) is 60.7 Å². The van der Waals surface area contributed by atoms with E-state index in [1.165, 1.54) is 174 Å². The molecule has 19 rings (SSSR count). The van der Waals surface area contributed by atoms with E-state index in [-0.39, 0.29) is 0 Å². The van der Waals surface area contributed by atoms with Gasteiger partial charge in [-0.25, -0.2) is 0 Å². The third-order valence-corrected chi connectivity index (χ3v) is 18.2. The summed E-state index contributed by atoms with van der Waals surface area (Å²) in [7, 11) is 0. The molecule has 0 saturated heterocycles. The summed E-state index contributed by atoms with van der Waals surface area (Å²) in [6.45, 7) is 0. The average molecular weight is 799 g/mol. The summed E-state index contributed by atoms with van der Waals surface area (Å²) in [4.78, 5) is 11.1. The van der Waals surface area contributed by atoms with E-state index in [0.29, 0.717) is 23.7 Å². The molecular weight excluding hydrogens is 753 g/mol. The zero-order valence-corrected chi connectivity index (χ0v) is 34.9. The molecule has 298 valence electrons. The molecule has 0 spiro atoms. The van der Waals surface area contributed by atoms with E-state index < -0.39 is 0 Å². The topological polar surface area (TPSA) is 34.6 Å². The summed E-state index contributed by atoms with van der Waals surface area (Å²) >= 11 is 0. The molecule has 8 aliphatic rings. The van der Waals surface area contributed by atoms with Crippen molar-refractivity contribution in [1.29, 1.82) is 0 Å². The third-order valence-electron chi connectivity index (χ3n) is 18.2. The molecule has 4 fully saturated rings. The number of fused-ring (bicyclic) bond motifs is 12. The first kappa shape index (κ1) is 32.7. The quantitative estimate of drug-likeness (QED) is 0.175. The highest BCUT2D eigenvalue weighted by atomic mass is 15.0. The number of hydrogen-bond acceptors (Lipinski definition) is 2. The minimum absolute atomic E-state index is 0.609. The Balaban J connectivity index is 1.03. The molecule has 8 aliphatic carbocycles. The second-order valence-electron chi connectivity index (χ2n) is 21.4. The monoisotopic (exact) mass is 798 g/mol. The Morgan fingerprint density at radius 2 is 0.742 bits per heavy atom. The molecule has 0 N–H and O–H groups in total. The second-order valence-corrected chi connectivity index (χ2v) is 21.4. The van der Waals surface area contributed by atoms with Crippen LogP contribution in [0.3, 0.4) is 0 Å². The Hall–Kier alpha value is -6.00. The van der Waals surface area contributed by atoms with Gasteiger partial charge in [0.2, 0.25) is 0 Å². The number of aromatic nitrogens is 4. The SMILES string of the molecule is c1ccc(-c2cc3c4cc5c(cc4n4c6cnc7c(c6c(c2)c34)C2CC3CC(CC7C3)C2)c2cc(-c3ccccc3)cc3c4c6c(ncc4n5c23)C2CC3CC(C2)CC6C3)cc1. The molecule has 0 amide bonds. The summed E-state index contributed by atoms with van der Waals surface area (Å²) in [6.07, 6.45) is 18.1. The van der Waals surface area contributed by atoms with Gasteiger partial charge >= 0.3 is 0 Å². The molecule has 4 heteroatoms. The van der Waals surface area contributed by atoms with Gasteiger partial charge in [0.15, 0.2) is 0 Å². The van der Waals surface area contributed by atoms with Crippen LogP contribution in [0.2, 0.25) is 0 Å². The lowest BCUT2D eigenvalue weighted by Gasteiger charge is -2.38. The summed E-state index contributed by atoms with van der Waals surface area (Å²) in [5.41, 5.74) is 19.2. The van der Waals surface area contributed by atoms with E-state index in [0.717, 1.165) is 23.7 Å². The van der Waals surface area contributed by atoms with E-state index in [1.54, 1.807) is 11.1 Å². The highest BCUT2D eigenvalue weighted by molar-refractivity contribution is 6.30. The van der Waals surface area contributed by atoms with Crippen molar-refractivity contribution in [2.45, 2.75) is 87.9 Å². The molecule has 0 aliphatic heterocycles. The van der Waals surface area contributed by atoms with Crippen molar-refractivity contribution in [3.63, 3.8) is 0 Å². The largest absolute Gasteiger partial charge is 0.306 e. The predicted molar refractivity (Wildman–Crippen MR) is 253 cm³/mol. The van der Waals surface area contributed by atoms with Crippen LogP contribution in [0, 0.1) is 23.7 Å². The van der Waals surface area contributed by atoms with Crippen LogP contribution in [0.1, 0.15) is 110 Å². The summed E-state index contributed by atoms with van der Waals surface area (Å²) in [6, 6.07) is 37.5. The van der Waals surface area contributed by atoms with Crippen LogP contribution >= 0.6 is 0 Å². The Kier molecular flexibility index (Phi) is 5.87. The van der Waals surface area contributed by atoms with Crippen LogP contribution in [-0.4, -0.2) is 18.8 Å². The number of nitrogens with zero attached hydrogens (tertiary/aromatic N) is 4. The molecule has 0 radical (unpaired) electrons. The smallest absolute Gasteiger partial charge is 0.0728 e. The Morgan fingerprint density at radius 1 is 0.355 bits per heavy atom. The van der Waals surface area contributed by atoms with E-state index in [2.05, 4.69) is 118 Å². The maximum Gasteiger partial charge on any atom is 0.0728 e. The second kappa shape index (κ2) is 11.1. The van der Waals surface area contributed by atoms with Crippen LogP contribution in [0.5, 0.6) is 0 Å². The van der Waals surface area contributed by atoms with E-state index in [1.807, 2.05) is 0 Å². The number of rotatable bonds is 2. The molecule has 4 nitrogen and oxygen atoms in total. The van der Waals surface area contributed by atoms with Gasteiger partial charge in [0, 0.05) is 66.3 Å². The van der Waals surface area contributed by atoms with Crippen LogP contribution < -0.4 is 0 Å². The van der Waals surface area contributed by atoms with Gasteiger partial charge in [-0.2, -0.15) is 0 Å². The lowest BCUT2D eigenvalue weighted by molar-refractivity contribution is 0.165. The first-order valence-corrected chi connectivity index (χ1v) is 24.0. The highest BCUT2D eigenvalue weighted by Gasteiger charge is 2.46. The highest BCUT2D eigenvalue weighted by Crippen LogP contribution is 2.60. The minimum Gasteiger partial charge on any atom is -0.306 e. The van der Waals surface area contributed by atoms with Crippen molar-refractivity contribution in [3.8, 4) is 22.3 Å². The van der Waals surface area contributed by atoms with E-state index in [4.69, 9.17) is 9.97 Å². The lowest BCUT2D eigenvalue weighted by atomic mass is 9.67. The van der Waals surface area contributed by atoms with Gasteiger partial charge < -0.3 is 8.80 Å². The third kappa shape index (κ3) is 3.95. The summed E-state index contributed by atoms with van der Waals surface area (Å²) in [5, 5.41) is 11.2. The van der Waals surface area contributed by atoms with Crippen molar-refractivity contribution >= 4 is 76.2 Å². The average Bonchev–Trinajstić information content (AvgIpc) is 3.95. The van der Waals surface area contributed by atoms with Crippen molar-refractivity contribution in [1.82, 2.24) is 18.8 Å². The van der Waals surface area contributed by atoms with Crippen LogP contribution in [-0.2, 0) is 0 Å². The van der Waals surface area contributed by atoms with Crippen LogP contribution in [0.4, 0.5) is 0 Å². The molecule has 4 saturated carbocycles. The summed E-state index contributed by atoms with van der Waals surface area (Å²) < 4.78 is 5.29. The standard InChI is InChI=1S/C58H46N4/c1-3-7-33(8-4-1)35-21-43-41-25-48-42(26-47(41)61-49-27-59-55-39-17-29-11-30(18-39)14-37(13-29)51(55)53(49)45(23-35)57(43)61)44-22-36(34-9-5-2-6-10-34)24-46-54-50(62(48)58(44)46)28-60-56-40-19-31-12-32(20-40)16-38(15-31)52(54)56/h1-10,21-32,37-40H,11-20H2. The Labute approximate surface area is 359 Å². The van der Waals surface area contributed by atoms with Crippen molar-refractivity contribution in [3.05, 3.63) is 132 Å². The molecule has 5 aromatic carbocycles. The zero-order chi connectivity index (χ0) is 39.7. The molecule has 8 bridgehead atoms. The summed E-state index contributed by atoms with van der Waals surface area (Å²) in [5.74, 6) is 5.87. The molecule has 6 heterocycles. The Bertz CT molecular complexity index is 3480. The van der Waals surface area contributed by atoms with E-state index >= 15 is 0 Å². The molecular formula is C58H46N4. The molecule has 11 aromatic rings. The fourth-order valence-electron chi connectivity index (χ4n) is 16.3. The fourth-order valence-corrected chi connectivity index (χ4v) is 16.3. The van der Waals surface area contributed by atoms with Gasteiger partial charge in [-0.15, -0.1) is 0 Å². The van der Waals surface area contributed by atoms with Crippen molar-refractivity contribution in [2.75, 3.05) is 0 Å². The maximum absolute atomic E-state index is 5.53. The van der Waals surface area contributed by atoms with E-state index in [9.17, 15) is 0 Å². The van der Waals surface area contributed by atoms with Gasteiger partial charge in [0.25, 0.3) is 0 Å². The Morgan fingerprint density at radius 3 is 1.16 bits per heavy atom. The zero-order valence-electron chi connectivity index (χ0n) is 34.9. The first-order valence-electron chi connectivity index (χ1n) is 24.0. The molecule has 4 atom stereocenters. The van der Waals surface area contributed by atoms with Gasteiger partial charge in [-0.3, -0.25) is 9.97 Å².